The minimum Gasteiger partial charge on any atom is -0.165 e. The van der Waals surface area contributed by atoms with E-state index in [1.807, 2.05) is 23.5 Å². The third kappa shape index (κ3) is 5.31. The summed E-state index contributed by atoms with van der Waals surface area (Å²) in [4.78, 5) is 0. The van der Waals surface area contributed by atoms with Crippen LogP contribution in [0.1, 0.15) is 24.0 Å². The Bertz CT molecular complexity index is 255. The Kier molecular flexibility index (Phi) is 7.87. The number of rotatable bonds is 8. The van der Waals surface area contributed by atoms with E-state index in [0.29, 0.717) is 0 Å². The lowest BCUT2D eigenvalue weighted by molar-refractivity contribution is 0.872. The van der Waals surface area contributed by atoms with Crippen LogP contribution in [0.2, 0.25) is 0 Å². The molecule has 0 atom stereocenters. The Balaban J connectivity index is 2.46. The normalized spacial score (nSPS) is 10.6. The summed E-state index contributed by atoms with van der Waals surface area (Å²) in [5.74, 6) is 2.55. The molecule has 1 aromatic rings. The van der Waals surface area contributed by atoms with Gasteiger partial charge in [0.15, 0.2) is 0 Å². The van der Waals surface area contributed by atoms with Crippen LogP contribution in [0.15, 0.2) is 24.3 Å². The second-order valence-corrected chi connectivity index (χ2v) is 5.93. The van der Waals surface area contributed by atoms with Gasteiger partial charge in [-0.05, 0) is 60.8 Å². The van der Waals surface area contributed by atoms with Gasteiger partial charge in [0.1, 0.15) is 0 Å². The third-order valence-electron chi connectivity index (χ3n) is 2.71. The quantitative estimate of drug-likeness (QED) is 0.635. The van der Waals surface area contributed by atoms with Crippen molar-refractivity contribution in [2.75, 3.05) is 24.0 Å². The fraction of sp³-hybridized carbons (Fsp3) is 0.571. The van der Waals surface area contributed by atoms with Crippen molar-refractivity contribution in [3.63, 3.8) is 0 Å². The molecule has 0 nitrogen and oxygen atoms in total. The SMILES string of the molecule is CSCCCc1ccccc1CCCSC. The van der Waals surface area contributed by atoms with Crippen LogP contribution in [-0.4, -0.2) is 24.0 Å². The Labute approximate surface area is 109 Å². The van der Waals surface area contributed by atoms with Crippen LogP contribution in [0.3, 0.4) is 0 Å². The number of thioether (sulfide) groups is 2. The molecule has 0 fully saturated rings. The standard InChI is InChI=1S/C14H22S2/c1-15-11-5-9-13-7-3-4-8-14(13)10-6-12-16-2/h3-4,7-8H,5-6,9-12H2,1-2H3. The smallest absolute Gasteiger partial charge is 0.00671 e. The molecule has 0 radical (unpaired) electrons. The molecule has 2 heteroatoms. The highest BCUT2D eigenvalue weighted by molar-refractivity contribution is 7.98. The van der Waals surface area contributed by atoms with Crippen molar-refractivity contribution in [3.05, 3.63) is 35.4 Å². The molecule has 0 aliphatic carbocycles. The average Bonchev–Trinajstić information content (AvgIpc) is 2.32. The Morgan fingerprint density at radius 2 is 1.25 bits per heavy atom. The summed E-state index contributed by atoms with van der Waals surface area (Å²) in [5, 5.41) is 0. The number of benzene rings is 1. The molecule has 0 saturated heterocycles. The van der Waals surface area contributed by atoms with Gasteiger partial charge in [0, 0.05) is 0 Å². The van der Waals surface area contributed by atoms with Gasteiger partial charge in [-0.25, -0.2) is 0 Å². The van der Waals surface area contributed by atoms with E-state index >= 15 is 0 Å². The van der Waals surface area contributed by atoms with Gasteiger partial charge >= 0.3 is 0 Å². The number of hydrogen-bond donors (Lipinski definition) is 0. The first-order valence-corrected chi connectivity index (χ1v) is 8.72. The largest absolute Gasteiger partial charge is 0.165 e. The topological polar surface area (TPSA) is 0 Å². The fourth-order valence-corrected chi connectivity index (χ4v) is 2.73. The molecule has 0 heterocycles. The molecule has 1 aromatic carbocycles. The fourth-order valence-electron chi connectivity index (χ4n) is 1.86. The highest BCUT2D eigenvalue weighted by Gasteiger charge is 2.01. The molecule has 0 aliphatic heterocycles. The highest BCUT2D eigenvalue weighted by atomic mass is 32.2. The zero-order valence-electron chi connectivity index (χ0n) is 10.4. The van der Waals surface area contributed by atoms with Gasteiger partial charge < -0.3 is 0 Å². The molecular weight excluding hydrogens is 232 g/mol. The van der Waals surface area contributed by atoms with Crippen LogP contribution in [0.25, 0.3) is 0 Å². The van der Waals surface area contributed by atoms with E-state index in [-0.39, 0.29) is 0 Å². The lowest BCUT2D eigenvalue weighted by atomic mass is 10.00. The van der Waals surface area contributed by atoms with Crippen molar-refractivity contribution in [2.24, 2.45) is 0 Å². The molecule has 0 saturated carbocycles. The summed E-state index contributed by atoms with van der Waals surface area (Å²) in [7, 11) is 0. The molecule has 16 heavy (non-hydrogen) atoms. The van der Waals surface area contributed by atoms with Gasteiger partial charge in [-0.3, -0.25) is 0 Å². The molecule has 0 bridgehead atoms. The van der Waals surface area contributed by atoms with Gasteiger partial charge in [0.2, 0.25) is 0 Å². The summed E-state index contributed by atoms with van der Waals surface area (Å²) >= 11 is 3.89. The molecule has 0 amide bonds. The summed E-state index contributed by atoms with van der Waals surface area (Å²) in [6.45, 7) is 0. The monoisotopic (exact) mass is 254 g/mol. The lowest BCUT2D eigenvalue weighted by Gasteiger charge is -2.08. The molecular formula is C14H22S2. The lowest BCUT2D eigenvalue weighted by Crippen LogP contribution is -1.96. The first kappa shape index (κ1) is 14.0. The maximum Gasteiger partial charge on any atom is -0.00671 e. The first-order valence-electron chi connectivity index (χ1n) is 5.93. The molecule has 0 spiro atoms. The van der Waals surface area contributed by atoms with Crippen LogP contribution in [0, 0.1) is 0 Å². The van der Waals surface area contributed by atoms with E-state index in [0.717, 1.165) is 0 Å². The van der Waals surface area contributed by atoms with Crippen LogP contribution >= 0.6 is 23.5 Å². The number of hydrogen-bond acceptors (Lipinski definition) is 2. The Morgan fingerprint density at radius 3 is 1.62 bits per heavy atom. The minimum absolute atomic E-state index is 1.25. The van der Waals surface area contributed by atoms with E-state index in [2.05, 4.69) is 36.8 Å². The van der Waals surface area contributed by atoms with E-state index in [1.54, 1.807) is 11.1 Å². The zero-order chi connectivity index (χ0) is 11.6. The van der Waals surface area contributed by atoms with E-state index in [4.69, 9.17) is 0 Å². The third-order valence-corrected chi connectivity index (χ3v) is 4.10. The second-order valence-electron chi connectivity index (χ2n) is 3.96. The van der Waals surface area contributed by atoms with Crippen LogP contribution in [0.5, 0.6) is 0 Å². The van der Waals surface area contributed by atoms with E-state index in [1.165, 1.54) is 37.2 Å². The van der Waals surface area contributed by atoms with E-state index in [9.17, 15) is 0 Å². The van der Waals surface area contributed by atoms with Gasteiger partial charge in [0.05, 0.1) is 0 Å². The van der Waals surface area contributed by atoms with Crippen molar-refractivity contribution in [1.29, 1.82) is 0 Å². The highest BCUT2D eigenvalue weighted by Crippen LogP contribution is 2.15. The predicted octanol–water partition coefficient (Wildman–Crippen LogP) is 4.28. The van der Waals surface area contributed by atoms with Crippen molar-refractivity contribution >= 4 is 23.5 Å². The first-order chi connectivity index (χ1) is 7.88. The van der Waals surface area contributed by atoms with Crippen molar-refractivity contribution in [1.82, 2.24) is 0 Å². The second kappa shape index (κ2) is 9.00. The molecule has 0 unspecified atom stereocenters. The number of aryl methyl sites for hydroxylation is 2. The molecule has 0 aromatic heterocycles. The van der Waals surface area contributed by atoms with Crippen molar-refractivity contribution in [3.8, 4) is 0 Å². The molecule has 90 valence electrons. The predicted molar refractivity (Wildman–Crippen MR) is 79.8 cm³/mol. The average molecular weight is 254 g/mol. The summed E-state index contributed by atoms with van der Waals surface area (Å²) in [6, 6.07) is 8.95. The van der Waals surface area contributed by atoms with Crippen molar-refractivity contribution in [2.45, 2.75) is 25.7 Å². The maximum absolute atomic E-state index is 2.30. The zero-order valence-corrected chi connectivity index (χ0v) is 12.0. The summed E-state index contributed by atoms with van der Waals surface area (Å²) in [5.41, 5.74) is 3.13. The van der Waals surface area contributed by atoms with Crippen molar-refractivity contribution < 1.29 is 0 Å². The van der Waals surface area contributed by atoms with Gasteiger partial charge in [-0.15, -0.1) is 0 Å². The van der Waals surface area contributed by atoms with Gasteiger partial charge in [0.25, 0.3) is 0 Å². The van der Waals surface area contributed by atoms with Gasteiger partial charge in [-0.2, -0.15) is 23.5 Å². The van der Waals surface area contributed by atoms with E-state index < -0.39 is 0 Å². The summed E-state index contributed by atoms with van der Waals surface area (Å²) < 4.78 is 0. The van der Waals surface area contributed by atoms with Crippen LogP contribution in [0.4, 0.5) is 0 Å². The van der Waals surface area contributed by atoms with Crippen LogP contribution in [-0.2, 0) is 12.8 Å². The van der Waals surface area contributed by atoms with Gasteiger partial charge in [-0.1, -0.05) is 24.3 Å². The molecule has 0 N–H and O–H groups in total. The van der Waals surface area contributed by atoms with Crippen LogP contribution < -0.4 is 0 Å². The summed E-state index contributed by atoms with van der Waals surface area (Å²) in [6.07, 6.45) is 9.47. The minimum atomic E-state index is 1.25. The molecule has 0 aliphatic rings. The molecule has 1 rings (SSSR count). The maximum atomic E-state index is 2.30. The Hall–Kier alpha value is -0.0800. The Morgan fingerprint density at radius 1 is 0.812 bits per heavy atom.